The molecule has 0 bridgehead atoms. The van der Waals surface area contributed by atoms with Crippen molar-refractivity contribution in [2.45, 2.75) is 23.9 Å². The van der Waals surface area contributed by atoms with Crippen LogP contribution in [0.4, 0.5) is 0 Å². The Hall–Kier alpha value is -3.52. The summed E-state index contributed by atoms with van der Waals surface area (Å²) >= 11 is 0. The van der Waals surface area contributed by atoms with E-state index in [4.69, 9.17) is 0 Å². The molecule has 5 rings (SSSR count). The van der Waals surface area contributed by atoms with Crippen molar-refractivity contribution in [2.75, 3.05) is 26.2 Å². The molecule has 1 amide bonds. The van der Waals surface area contributed by atoms with E-state index >= 15 is 0 Å². The Bertz CT molecular complexity index is 1430. The van der Waals surface area contributed by atoms with Gasteiger partial charge in [-0.05, 0) is 41.0 Å². The quantitative estimate of drug-likeness (QED) is 0.397. The van der Waals surface area contributed by atoms with Crippen LogP contribution in [-0.4, -0.2) is 56.3 Å². The molecule has 190 valence electrons. The summed E-state index contributed by atoms with van der Waals surface area (Å²) in [6.45, 7) is 4.09. The number of carbonyl (C=O) groups excluding carboxylic acids is 1. The van der Waals surface area contributed by atoms with Gasteiger partial charge in [0, 0.05) is 26.2 Å². The molecule has 0 unspecified atom stereocenters. The second kappa shape index (κ2) is 10.8. The van der Waals surface area contributed by atoms with Crippen LogP contribution in [0.5, 0.6) is 0 Å². The third kappa shape index (κ3) is 5.59. The molecule has 0 spiro atoms. The van der Waals surface area contributed by atoms with Crippen LogP contribution in [0.2, 0.25) is 0 Å². The number of benzene rings is 4. The number of piperazine rings is 1. The minimum atomic E-state index is -3.84. The Balaban J connectivity index is 1.25. The Morgan fingerprint density at radius 1 is 0.730 bits per heavy atom. The lowest BCUT2D eigenvalue weighted by molar-refractivity contribution is -0.134. The fourth-order valence-corrected chi connectivity index (χ4v) is 6.28. The van der Waals surface area contributed by atoms with Crippen molar-refractivity contribution in [1.82, 2.24) is 14.5 Å². The number of hydrogen-bond donors (Lipinski definition) is 1. The van der Waals surface area contributed by atoms with Crippen molar-refractivity contribution < 1.29 is 13.2 Å². The number of rotatable bonds is 7. The zero-order valence-electron chi connectivity index (χ0n) is 20.8. The van der Waals surface area contributed by atoms with Gasteiger partial charge in [-0.1, -0.05) is 91.0 Å². The fourth-order valence-electron chi connectivity index (χ4n) is 5.04. The first-order chi connectivity index (χ1) is 17.9. The van der Waals surface area contributed by atoms with Gasteiger partial charge in [0.05, 0.1) is 17.0 Å². The molecule has 1 fully saturated rings. The van der Waals surface area contributed by atoms with Crippen LogP contribution in [0.1, 0.15) is 24.1 Å². The molecule has 4 aromatic rings. The summed E-state index contributed by atoms with van der Waals surface area (Å²) in [6.07, 6.45) is 0. The normalized spacial score (nSPS) is 15.7. The molecule has 0 aromatic heterocycles. The number of nitrogens with one attached hydrogen (secondary N) is 1. The van der Waals surface area contributed by atoms with Gasteiger partial charge >= 0.3 is 0 Å². The van der Waals surface area contributed by atoms with Crippen molar-refractivity contribution in [3.8, 4) is 0 Å². The second-order valence-corrected chi connectivity index (χ2v) is 11.2. The van der Waals surface area contributed by atoms with E-state index in [9.17, 15) is 13.2 Å². The summed E-state index contributed by atoms with van der Waals surface area (Å²) in [5, 5.41) is 1.81. The molecule has 1 aliphatic heterocycles. The predicted octanol–water partition coefficient (Wildman–Crippen LogP) is 4.44. The maximum atomic E-state index is 13.2. The first kappa shape index (κ1) is 25.1. The van der Waals surface area contributed by atoms with Gasteiger partial charge in [0.2, 0.25) is 15.9 Å². The molecule has 1 aliphatic rings. The van der Waals surface area contributed by atoms with E-state index in [1.165, 1.54) is 11.1 Å². The van der Waals surface area contributed by atoms with Crippen molar-refractivity contribution >= 4 is 26.7 Å². The van der Waals surface area contributed by atoms with Gasteiger partial charge in [0.25, 0.3) is 0 Å². The summed E-state index contributed by atoms with van der Waals surface area (Å²) in [4.78, 5) is 17.5. The largest absolute Gasteiger partial charge is 0.339 e. The molecule has 6 nitrogen and oxygen atoms in total. The summed E-state index contributed by atoms with van der Waals surface area (Å²) in [5.41, 5.74) is 2.43. The van der Waals surface area contributed by atoms with Gasteiger partial charge in [-0.15, -0.1) is 0 Å². The molecule has 0 aliphatic carbocycles. The lowest BCUT2D eigenvalue weighted by Crippen LogP contribution is -2.54. The number of fused-ring (bicyclic) bond motifs is 1. The molecule has 1 heterocycles. The third-order valence-corrected chi connectivity index (χ3v) is 8.49. The van der Waals surface area contributed by atoms with Crippen LogP contribution < -0.4 is 4.72 Å². The maximum Gasteiger partial charge on any atom is 0.241 e. The van der Waals surface area contributed by atoms with Crippen molar-refractivity contribution in [1.29, 1.82) is 0 Å². The Morgan fingerprint density at radius 3 is 1.86 bits per heavy atom. The maximum absolute atomic E-state index is 13.2. The van der Waals surface area contributed by atoms with E-state index in [1.807, 2.05) is 60.7 Å². The standard InChI is InChI=1S/C30H31N3O3S/c1-23(31-37(35,36)28-17-16-24-10-8-9-15-27(24)22-28)30(34)33-20-18-32(19-21-33)29(25-11-4-2-5-12-25)26-13-6-3-7-14-26/h2-17,22-23,29,31H,18-21H2,1H3/t23-/m1/s1. The number of sulfonamides is 1. The molecular formula is C30H31N3O3S. The molecule has 0 radical (unpaired) electrons. The average Bonchev–Trinajstić information content (AvgIpc) is 2.94. The van der Waals surface area contributed by atoms with E-state index in [0.717, 1.165) is 10.8 Å². The second-order valence-electron chi connectivity index (χ2n) is 9.44. The van der Waals surface area contributed by atoms with Crippen molar-refractivity contribution in [2.24, 2.45) is 0 Å². The highest BCUT2D eigenvalue weighted by atomic mass is 32.2. The minimum absolute atomic E-state index is 0.100. The van der Waals surface area contributed by atoms with E-state index < -0.39 is 16.1 Å². The lowest BCUT2D eigenvalue weighted by Gasteiger charge is -2.40. The highest BCUT2D eigenvalue weighted by molar-refractivity contribution is 7.89. The molecular weight excluding hydrogens is 482 g/mol. The van der Waals surface area contributed by atoms with Crippen molar-refractivity contribution in [3.63, 3.8) is 0 Å². The van der Waals surface area contributed by atoms with Gasteiger partial charge in [-0.3, -0.25) is 9.69 Å². The molecule has 37 heavy (non-hydrogen) atoms. The SMILES string of the molecule is C[C@@H](NS(=O)(=O)c1ccc2ccccc2c1)C(=O)N1CCN(C(c2ccccc2)c2ccccc2)CC1. The zero-order chi connectivity index (χ0) is 25.8. The first-order valence-corrected chi connectivity index (χ1v) is 14.0. The number of carbonyl (C=O) groups is 1. The van der Waals surface area contributed by atoms with Crippen LogP contribution in [0.15, 0.2) is 108 Å². The summed E-state index contributed by atoms with van der Waals surface area (Å²) in [7, 11) is -3.84. The minimum Gasteiger partial charge on any atom is -0.339 e. The molecule has 7 heteroatoms. The lowest BCUT2D eigenvalue weighted by atomic mass is 9.96. The molecule has 4 aromatic carbocycles. The van der Waals surface area contributed by atoms with Crippen LogP contribution in [-0.2, 0) is 14.8 Å². The topological polar surface area (TPSA) is 69.7 Å². The third-order valence-electron chi connectivity index (χ3n) is 6.96. The predicted molar refractivity (Wildman–Crippen MR) is 147 cm³/mol. The van der Waals surface area contributed by atoms with Gasteiger partial charge in [-0.2, -0.15) is 4.72 Å². The smallest absolute Gasteiger partial charge is 0.241 e. The highest BCUT2D eigenvalue weighted by Gasteiger charge is 2.31. The molecule has 1 N–H and O–H groups in total. The van der Waals surface area contributed by atoms with Gasteiger partial charge in [0.1, 0.15) is 0 Å². The summed E-state index contributed by atoms with van der Waals surface area (Å²) in [5.74, 6) is -0.208. The molecule has 0 saturated carbocycles. The van der Waals surface area contributed by atoms with Gasteiger partial charge < -0.3 is 4.90 Å². The van der Waals surface area contributed by atoms with E-state index in [0.29, 0.717) is 26.2 Å². The van der Waals surface area contributed by atoms with Gasteiger partial charge in [0.15, 0.2) is 0 Å². The highest BCUT2D eigenvalue weighted by Crippen LogP contribution is 2.29. The van der Waals surface area contributed by atoms with E-state index in [-0.39, 0.29) is 16.8 Å². The summed E-state index contributed by atoms with van der Waals surface area (Å²) < 4.78 is 28.7. The van der Waals surface area contributed by atoms with E-state index in [2.05, 4.69) is 33.9 Å². The van der Waals surface area contributed by atoms with Gasteiger partial charge in [-0.25, -0.2) is 8.42 Å². The van der Waals surface area contributed by atoms with E-state index in [1.54, 1.807) is 30.0 Å². The van der Waals surface area contributed by atoms with Crippen LogP contribution in [0.3, 0.4) is 0 Å². The zero-order valence-corrected chi connectivity index (χ0v) is 21.6. The summed E-state index contributed by atoms with van der Waals surface area (Å²) in [6, 6.07) is 32.6. The number of amides is 1. The molecule has 1 saturated heterocycles. The monoisotopic (exact) mass is 513 g/mol. The number of hydrogen-bond acceptors (Lipinski definition) is 4. The first-order valence-electron chi connectivity index (χ1n) is 12.6. The Morgan fingerprint density at radius 2 is 1.27 bits per heavy atom. The fraction of sp³-hybridized carbons (Fsp3) is 0.233. The Kier molecular flexibility index (Phi) is 7.37. The Labute approximate surface area is 218 Å². The van der Waals surface area contributed by atoms with Crippen LogP contribution in [0.25, 0.3) is 10.8 Å². The average molecular weight is 514 g/mol. The van der Waals surface area contributed by atoms with Crippen LogP contribution in [0, 0.1) is 0 Å². The van der Waals surface area contributed by atoms with Crippen molar-refractivity contribution in [3.05, 3.63) is 114 Å². The molecule has 1 atom stereocenters. The number of nitrogens with zero attached hydrogens (tertiary/aromatic N) is 2. The van der Waals surface area contributed by atoms with Crippen LogP contribution >= 0.6 is 0 Å².